The molecule has 0 saturated carbocycles. The number of hydrogen-bond acceptors (Lipinski definition) is 5. The van der Waals surface area contributed by atoms with E-state index in [1.54, 1.807) is 30.9 Å². The summed E-state index contributed by atoms with van der Waals surface area (Å²) in [4.78, 5) is 16.9. The van der Waals surface area contributed by atoms with E-state index in [-0.39, 0.29) is 11.8 Å². The lowest BCUT2D eigenvalue weighted by Crippen LogP contribution is -2.32. The third-order valence-corrected chi connectivity index (χ3v) is 4.95. The number of thiazole rings is 1. The molecule has 0 unspecified atom stereocenters. The first-order valence-electron chi connectivity index (χ1n) is 7.34. The Hall–Kier alpha value is -2.12. The van der Waals surface area contributed by atoms with Crippen LogP contribution in [-0.2, 0) is 4.79 Å². The van der Waals surface area contributed by atoms with Crippen molar-refractivity contribution < 1.29 is 9.21 Å². The second-order valence-corrected chi connectivity index (χ2v) is 7.15. The van der Waals surface area contributed by atoms with Gasteiger partial charge in [-0.15, -0.1) is 22.9 Å². The van der Waals surface area contributed by atoms with Gasteiger partial charge in [-0.25, -0.2) is 4.98 Å². The Morgan fingerprint density at radius 2 is 2.29 bits per heavy atom. The van der Waals surface area contributed by atoms with Crippen molar-refractivity contribution in [2.45, 2.75) is 20.8 Å². The van der Waals surface area contributed by atoms with Gasteiger partial charge >= 0.3 is 0 Å². The van der Waals surface area contributed by atoms with E-state index in [4.69, 9.17) is 16.0 Å². The van der Waals surface area contributed by atoms with Gasteiger partial charge in [0, 0.05) is 17.3 Å². The van der Waals surface area contributed by atoms with Crippen LogP contribution in [0.2, 0.25) is 0 Å². The Kier molecular flexibility index (Phi) is 4.47. The fourth-order valence-corrected chi connectivity index (χ4v) is 2.88. The van der Waals surface area contributed by atoms with Crippen LogP contribution in [0.4, 0.5) is 5.82 Å². The molecule has 0 aliphatic carbocycles. The molecule has 0 aliphatic heterocycles. The molecule has 3 aromatic heterocycles. The summed E-state index contributed by atoms with van der Waals surface area (Å²) in [5.74, 6) is 1.32. The topological polar surface area (TPSA) is 73.0 Å². The third-order valence-electron chi connectivity index (χ3n) is 3.47. The summed E-state index contributed by atoms with van der Waals surface area (Å²) in [5, 5.41) is 9.84. The lowest BCUT2D eigenvalue weighted by atomic mass is 9.95. The summed E-state index contributed by atoms with van der Waals surface area (Å²) in [6.45, 7) is 5.45. The molecular weight excluding hydrogens is 348 g/mol. The first-order chi connectivity index (χ1) is 11.4. The molecular formula is C16H17ClN4O2S. The largest absolute Gasteiger partial charge is 0.463 e. The summed E-state index contributed by atoms with van der Waals surface area (Å²) in [5.41, 5.74) is 0.836. The van der Waals surface area contributed by atoms with Gasteiger partial charge < -0.3 is 9.73 Å². The van der Waals surface area contributed by atoms with Crippen LogP contribution in [0.1, 0.15) is 19.5 Å². The number of halogens is 1. The smallest absolute Gasteiger partial charge is 0.232 e. The van der Waals surface area contributed by atoms with Gasteiger partial charge in [0.2, 0.25) is 11.0 Å². The summed E-state index contributed by atoms with van der Waals surface area (Å²) in [7, 11) is 0. The van der Waals surface area contributed by atoms with Crippen LogP contribution in [-0.4, -0.2) is 26.6 Å². The second kappa shape index (κ2) is 6.41. The third kappa shape index (κ3) is 3.22. The number of rotatable bonds is 5. The highest BCUT2D eigenvalue weighted by atomic mass is 35.5. The highest BCUT2D eigenvalue weighted by molar-refractivity contribution is 7.12. The van der Waals surface area contributed by atoms with Crippen molar-refractivity contribution in [2.24, 2.45) is 5.41 Å². The maximum atomic E-state index is 12.4. The average molecular weight is 365 g/mol. The van der Waals surface area contributed by atoms with Crippen LogP contribution in [0.25, 0.3) is 16.6 Å². The van der Waals surface area contributed by atoms with Gasteiger partial charge in [-0.3, -0.25) is 4.79 Å². The molecule has 0 aliphatic rings. The number of aryl methyl sites for hydroxylation is 1. The molecule has 0 fully saturated rings. The van der Waals surface area contributed by atoms with Crippen molar-refractivity contribution >= 4 is 34.7 Å². The SMILES string of the molecule is Cc1cc(NC(=O)C(C)(C)CCl)n(-c2nc(-c3ccco3)cs2)n1. The molecule has 0 spiro atoms. The number of alkyl halides is 1. The van der Waals surface area contributed by atoms with Crippen LogP contribution < -0.4 is 5.32 Å². The van der Waals surface area contributed by atoms with Crippen molar-refractivity contribution in [1.82, 2.24) is 14.8 Å². The minimum atomic E-state index is -0.674. The van der Waals surface area contributed by atoms with E-state index in [2.05, 4.69) is 15.4 Å². The average Bonchev–Trinajstić information content (AvgIpc) is 3.26. The van der Waals surface area contributed by atoms with E-state index in [9.17, 15) is 4.79 Å². The number of furan rings is 1. The fraction of sp³-hybridized carbons (Fsp3) is 0.312. The van der Waals surface area contributed by atoms with Gasteiger partial charge in [-0.2, -0.15) is 9.78 Å². The predicted octanol–water partition coefficient (Wildman–Crippen LogP) is 4.10. The number of hydrogen-bond donors (Lipinski definition) is 1. The molecule has 0 aromatic carbocycles. The quantitative estimate of drug-likeness (QED) is 0.692. The molecule has 1 N–H and O–H groups in total. The highest BCUT2D eigenvalue weighted by Gasteiger charge is 2.28. The van der Waals surface area contributed by atoms with Gasteiger partial charge in [0.25, 0.3) is 0 Å². The molecule has 8 heteroatoms. The lowest BCUT2D eigenvalue weighted by Gasteiger charge is -2.20. The first-order valence-corrected chi connectivity index (χ1v) is 8.76. The Labute approximate surface area is 148 Å². The molecule has 0 atom stereocenters. The van der Waals surface area contributed by atoms with E-state index in [1.165, 1.54) is 11.3 Å². The van der Waals surface area contributed by atoms with E-state index in [0.29, 0.717) is 16.7 Å². The molecule has 126 valence electrons. The monoisotopic (exact) mass is 364 g/mol. The normalized spacial score (nSPS) is 11.7. The minimum Gasteiger partial charge on any atom is -0.463 e. The molecule has 1 amide bonds. The van der Waals surface area contributed by atoms with Crippen molar-refractivity contribution in [3.05, 3.63) is 35.5 Å². The predicted molar refractivity (Wildman–Crippen MR) is 94.8 cm³/mol. The molecule has 6 nitrogen and oxygen atoms in total. The molecule has 3 heterocycles. The molecule has 3 rings (SSSR count). The number of nitrogens with zero attached hydrogens (tertiary/aromatic N) is 3. The Bertz CT molecular complexity index is 851. The van der Waals surface area contributed by atoms with Crippen LogP contribution in [0, 0.1) is 12.3 Å². The number of carbonyl (C=O) groups excluding carboxylic acids is 1. The number of aromatic nitrogens is 3. The molecule has 0 radical (unpaired) electrons. The van der Waals surface area contributed by atoms with E-state index in [1.807, 2.05) is 24.4 Å². The van der Waals surface area contributed by atoms with Crippen LogP contribution >= 0.6 is 22.9 Å². The van der Waals surface area contributed by atoms with Crippen molar-refractivity contribution in [3.63, 3.8) is 0 Å². The zero-order chi connectivity index (χ0) is 17.3. The van der Waals surface area contributed by atoms with Crippen molar-refractivity contribution in [3.8, 4) is 16.6 Å². The summed E-state index contributed by atoms with van der Waals surface area (Å²) < 4.78 is 6.98. The maximum absolute atomic E-state index is 12.4. The number of amides is 1. The van der Waals surface area contributed by atoms with Gasteiger partial charge in [-0.1, -0.05) is 0 Å². The van der Waals surface area contributed by atoms with Crippen molar-refractivity contribution in [1.29, 1.82) is 0 Å². The Morgan fingerprint density at radius 1 is 1.50 bits per heavy atom. The Morgan fingerprint density at radius 3 is 2.96 bits per heavy atom. The molecule has 0 saturated heterocycles. The summed E-state index contributed by atoms with van der Waals surface area (Å²) in [6.07, 6.45) is 1.60. The van der Waals surface area contributed by atoms with Gasteiger partial charge in [0.05, 0.1) is 17.4 Å². The fourth-order valence-electron chi connectivity index (χ4n) is 1.98. The lowest BCUT2D eigenvalue weighted by molar-refractivity contribution is -0.123. The zero-order valence-electron chi connectivity index (χ0n) is 13.5. The van der Waals surface area contributed by atoms with Crippen LogP contribution in [0.15, 0.2) is 34.3 Å². The highest BCUT2D eigenvalue weighted by Crippen LogP contribution is 2.27. The van der Waals surface area contributed by atoms with Crippen LogP contribution in [0.3, 0.4) is 0 Å². The Balaban J connectivity index is 1.91. The number of anilines is 1. The molecule has 3 aromatic rings. The molecule has 24 heavy (non-hydrogen) atoms. The second-order valence-electron chi connectivity index (χ2n) is 6.05. The minimum absolute atomic E-state index is 0.165. The standard InChI is InChI=1S/C16H17ClN4O2S/c1-10-7-13(19-14(22)16(2,3)9-17)21(20-10)15-18-11(8-24-15)12-5-4-6-23-12/h4-8H,9H2,1-3H3,(H,19,22). The van der Waals surface area contributed by atoms with Gasteiger partial charge in [0.15, 0.2) is 5.76 Å². The maximum Gasteiger partial charge on any atom is 0.232 e. The molecule has 0 bridgehead atoms. The van der Waals surface area contributed by atoms with Crippen molar-refractivity contribution in [2.75, 3.05) is 11.2 Å². The van der Waals surface area contributed by atoms with Gasteiger partial charge in [0.1, 0.15) is 11.5 Å². The number of nitrogens with one attached hydrogen (secondary N) is 1. The van der Waals surface area contributed by atoms with E-state index in [0.717, 1.165) is 11.4 Å². The number of carbonyl (C=O) groups is 1. The summed E-state index contributed by atoms with van der Waals surface area (Å²) in [6, 6.07) is 5.46. The van der Waals surface area contributed by atoms with E-state index < -0.39 is 5.41 Å². The van der Waals surface area contributed by atoms with E-state index >= 15 is 0 Å². The van der Waals surface area contributed by atoms with Crippen LogP contribution in [0.5, 0.6) is 0 Å². The summed E-state index contributed by atoms with van der Waals surface area (Å²) >= 11 is 7.29. The van der Waals surface area contributed by atoms with Gasteiger partial charge in [-0.05, 0) is 32.9 Å². The first kappa shape index (κ1) is 16.7. The zero-order valence-corrected chi connectivity index (χ0v) is 15.1.